The first-order valence-electron chi connectivity index (χ1n) is 6.54. The molecule has 100 valence electrons. The van der Waals surface area contributed by atoms with Gasteiger partial charge in [-0.15, -0.1) is 0 Å². The number of aromatic nitrogens is 3. The van der Waals surface area contributed by atoms with Crippen LogP contribution in [0.25, 0.3) is 5.65 Å². The second-order valence-corrected chi connectivity index (χ2v) is 4.92. The summed E-state index contributed by atoms with van der Waals surface area (Å²) in [6, 6.07) is 1.84. The Morgan fingerprint density at radius 2 is 2.47 bits per heavy atom. The minimum absolute atomic E-state index is 0.0928. The fraction of sp³-hybridized carbons (Fsp3) is 0.462. The largest absolute Gasteiger partial charge is 0.355 e. The molecule has 1 atom stereocenters. The van der Waals surface area contributed by atoms with Crippen molar-refractivity contribution in [1.29, 1.82) is 0 Å². The van der Waals surface area contributed by atoms with Crippen LogP contribution in [0.3, 0.4) is 0 Å². The zero-order valence-electron chi connectivity index (χ0n) is 10.9. The molecule has 2 aromatic rings. The second-order valence-electron chi connectivity index (χ2n) is 4.92. The molecule has 1 unspecified atom stereocenters. The third-order valence-corrected chi connectivity index (χ3v) is 3.33. The van der Waals surface area contributed by atoms with Gasteiger partial charge in [-0.3, -0.25) is 4.79 Å². The highest BCUT2D eigenvalue weighted by molar-refractivity contribution is 5.82. The Morgan fingerprint density at radius 1 is 1.58 bits per heavy atom. The number of rotatable bonds is 3. The third-order valence-electron chi connectivity index (χ3n) is 3.33. The van der Waals surface area contributed by atoms with Gasteiger partial charge in [0.05, 0.1) is 11.7 Å². The molecule has 1 saturated heterocycles. The van der Waals surface area contributed by atoms with Crippen molar-refractivity contribution >= 4 is 11.6 Å². The summed E-state index contributed by atoms with van der Waals surface area (Å²) < 4.78 is 1.77. The molecule has 6 nitrogen and oxygen atoms in total. The number of aryl methyl sites for hydroxylation is 1. The molecule has 2 aromatic heterocycles. The molecular formula is C13H17N5O. The summed E-state index contributed by atoms with van der Waals surface area (Å²) in [5.41, 5.74) is 2.81. The SMILES string of the molecule is Cc1cc2ncc(CNC3CCCNC3=O)cn2n1. The molecule has 0 aliphatic carbocycles. The van der Waals surface area contributed by atoms with E-state index in [9.17, 15) is 4.79 Å². The maximum atomic E-state index is 11.6. The number of amides is 1. The van der Waals surface area contributed by atoms with Crippen LogP contribution in [0, 0.1) is 6.92 Å². The van der Waals surface area contributed by atoms with Crippen molar-refractivity contribution in [1.82, 2.24) is 25.2 Å². The number of fused-ring (bicyclic) bond motifs is 1. The molecule has 0 saturated carbocycles. The molecule has 19 heavy (non-hydrogen) atoms. The predicted octanol–water partition coefficient (Wildman–Crippen LogP) is 0.406. The highest BCUT2D eigenvalue weighted by atomic mass is 16.2. The van der Waals surface area contributed by atoms with Crippen LogP contribution < -0.4 is 10.6 Å². The van der Waals surface area contributed by atoms with Crippen molar-refractivity contribution in [2.24, 2.45) is 0 Å². The van der Waals surface area contributed by atoms with E-state index in [1.807, 2.05) is 25.4 Å². The number of carbonyl (C=O) groups excluding carboxylic acids is 1. The number of hydrogen-bond acceptors (Lipinski definition) is 4. The summed E-state index contributed by atoms with van der Waals surface area (Å²) in [4.78, 5) is 16.0. The number of hydrogen-bond donors (Lipinski definition) is 2. The van der Waals surface area contributed by atoms with Gasteiger partial charge in [-0.05, 0) is 19.8 Å². The van der Waals surface area contributed by atoms with Crippen LogP contribution in [0.4, 0.5) is 0 Å². The standard InChI is InChI=1S/C13H17N5O/c1-9-5-12-16-7-10(8-18(12)17-9)6-15-11-3-2-4-14-13(11)19/h5,7-8,11,15H,2-4,6H2,1H3,(H,14,19). The topological polar surface area (TPSA) is 71.3 Å². The van der Waals surface area contributed by atoms with E-state index >= 15 is 0 Å². The van der Waals surface area contributed by atoms with Crippen molar-refractivity contribution < 1.29 is 4.79 Å². The first kappa shape index (κ1) is 12.1. The van der Waals surface area contributed by atoms with Crippen LogP contribution in [0.1, 0.15) is 24.1 Å². The van der Waals surface area contributed by atoms with Gasteiger partial charge in [0.25, 0.3) is 0 Å². The van der Waals surface area contributed by atoms with Crippen LogP contribution in [0.15, 0.2) is 18.5 Å². The zero-order chi connectivity index (χ0) is 13.2. The molecule has 0 bridgehead atoms. The summed E-state index contributed by atoms with van der Waals surface area (Å²) in [5, 5.41) is 10.5. The highest BCUT2D eigenvalue weighted by Crippen LogP contribution is 2.07. The van der Waals surface area contributed by atoms with Crippen LogP contribution in [0.5, 0.6) is 0 Å². The molecule has 0 spiro atoms. The van der Waals surface area contributed by atoms with Crippen LogP contribution >= 0.6 is 0 Å². The van der Waals surface area contributed by atoms with E-state index in [1.165, 1.54) is 0 Å². The lowest BCUT2D eigenvalue weighted by Crippen LogP contribution is -2.47. The lowest BCUT2D eigenvalue weighted by Gasteiger charge is -2.22. The average molecular weight is 259 g/mol. The molecule has 1 fully saturated rings. The van der Waals surface area contributed by atoms with Crippen molar-refractivity contribution in [3.05, 3.63) is 29.7 Å². The molecular weight excluding hydrogens is 242 g/mol. The van der Waals surface area contributed by atoms with Gasteiger partial charge >= 0.3 is 0 Å². The number of carbonyl (C=O) groups is 1. The fourth-order valence-corrected chi connectivity index (χ4v) is 2.33. The summed E-state index contributed by atoms with van der Waals surface area (Å²) in [5.74, 6) is 0.0928. The average Bonchev–Trinajstić information content (AvgIpc) is 2.77. The Bertz CT molecular complexity index is 606. The Balaban J connectivity index is 1.69. The van der Waals surface area contributed by atoms with E-state index in [0.29, 0.717) is 6.54 Å². The van der Waals surface area contributed by atoms with Gasteiger partial charge in [0.2, 0.25) is 5.91 Å². The molecule has 0 aromatic carbocycles. The van der Waals surface area contributed by atoms with Gasteiger partial charge in [-0.1, -0.05) is 0 Å². The molecule has 1 amide bonds. The zero-order valence-corrected chi connectivity index (χ0v) is 10.9. The number of nitrogens with one attached hydrogen (secondary N) is 2. The molecule has 0 radical (unpaired) electrons. The van der Waals surface area contributed by atoms with Gasteiger partial charge in [-0.25, -0.2) is 9.50 Å². The molecule has 1 aliphatic rings. The number of piperidine rings is 1. The van der Waals surface area contributed by atoms with Crippen molar-refractivity contribution in [3.8, 4) is 0 Å². The second kappa shape index (κ2) is 4.97. The Morgan fingerprint density at radius 3 is 3.32 bits per heavy atom. The summed E-state index contributed by atoms with van der Waals surface area (Å²) in [6.07, 6.45) is 5.69. The Labute approximate surface area is 111 Å². The van der Waals surface area contributed by atoms with E-state index in [1.54, 1.807) is 4.52 Å². The molecule has 3 rings (SSSR count). The molecule has 1 aliphatic heterocycles. The Kier molecular flexibility index (Phi) is 3.16. The van der Waals surface area contributed by atoms with Crippen LogP contribution in [0.2, 0.25) is 0 Å². The maximum absolute atomic E-state index is 11.6. The van der Waals surface area contributed by atoms with Gasteiger partial charge in [0.1, 0.15) is 0 Å². The van der Waals surface area contributed by atoms with E-state index in [4.69, 9.17) is 0 Å². The van der Waals surface area contributed by atoms with E-state index in [2.05, 4.69) is 20.7 Å². The third kappa shape index (κ3) is 2.58. The predicted molar refractivity (Wildman–Crippen MR) is 70.6 cm³/mol. The van der Waals surface area contributed by atoms with Crippen LogP contribution in [-0.2, 0) is 11.3 Å². The lowest BCUT2D eigenvalue weighted by atomic mass is 10.1. The van der Waals surface area contributed by atoms with Crippen molar-refractivity contribution in [3.63, 3.8) is 0 Å². The van der Waals surface area contributed by atoms with Crippen molar-refractivity contribution in [2.75, 3.05) is 6.54 Å². The monoisotopic (exact) mass is 259 g/mol. The quantitative estimate of drug-likeness (QED) is 0.837. The normalized spacial score (nSPS) is 19.6. The minimum atomic E-state index is -0.0937. The first-order chi connectivity index (χ1) is 9.22. The molecule has 3 heterocycles. The van der Waals surface area contributed by atoms with Gasteiger partial charge in [-0.2, -0.15) is 5.10 Å². The number of nitrogens with zero attached hydrogens (tertiary/aromatic N) is 3. The van der Waals surface area contributed by atoms with E-state index in [0.717, 1.165) is 36.3 Å². The lowest BCUT2D eigenvalue weighted by molar-refractivity contribution is -0.124. The summed E-state index contributed by atoms with van der Waals surface area (Å²) in [7, 11) is 0. The minimum Gasteiger partial charge on any atom is -0.355 e. The first-order valence-corrected chi connectivity index (χ1v) is 6.54. The fourth-order valence-electron chi connectivity index (χ4n) is 2.33. The smallest absolute Gasteiger partial charge is 0.237 e. The van der Waals surface area contributed by atoms with Gasteiger partial charge < -0.3 is 10.6 Å². The molecule has 2 N–H and O–H groups in total. The van der Waals surface area contributed by atoms with Crippen LogP contribution in [-0.4, -0.2) is 33.1 Å². The maximum Gasteiger partial charge on any atom is 0.237 e. The van der Waals surface area contributed by atoms with E-state index in [-0.39, 0.29) is 11.9 Å². The van der Waals surface area contributed by atoms with Crippen molar-refractivity contribution in [2.45, 2.75) is 32.4 Å². The van der Waals surface area contributed by atoms with Gasteiger partial charge in [0.15, 0.2) is 5.65 Å². The Hall–Kier alpha value is -1.95. The van der Waals surface area contributed by atoms with Gasteiger partial charge in [0, 0.05) is 37.1 Å². The summed E-state index contributed by atoms with van der Waals surface area (Å²) >= 11 is 0. The highest BCUT2D eigenvalue weighted by Gasteiger charge is 2.20. The summed E-state index contributed by atoms with van der Waals surface area (Å²) in [6.45, 7) is 3.36. The molecule has 6 heteroatoms. The van der Waals surface area contributed by atoms with E-state index < -0.39 is 0 Å².